The molecule has 0 N–H and O–H groups in total. The third-order valence-electron chi connectivity index (χ3n) is 4.12. The number of hydrogen-bond acceptors (Lipinski definition) is 2. The molecule has 1 nitrogen and oxygen atoms in total. The second kappa shape index (κ2) is 10.3. The van der Waals surface area contributed by atoms with E-state index in [2.05, 4.69) is 24.6 Å². The first-order valence-corrected chi connectivity index (χ1v) is 8.29. The maximum absolute atomic E-state index is 4.24. The molecule has 0 saturated heterocycles. The molecule has 0 aromatic heterocycles. The average molecular weight is 257 g/mol. The first-order chi connectivity index (χ1) is 8.34. The molecular weight excluding hydrogens is 226 g/mol. The molecule has 2 heteroatoms. The summed E-state index contributed by atoms with van der Waals surface area (Å²) in [5.41, 5.74) is 0. The third kappa shape index (κ3) is 7.35. The van der Waals surface area contributed by atoms with E-state index in [1.54, 1.807) is 0 Å². The molecule has 1 rings (SSSR count). The summed E-state index contributed by atoms with van der Waals surface area (Å²) in [6.07, 6.45) is 15.6. The van der Waals surface area contributed by atoms with Gasteiger partial charge in [0.1, 0.15) is 0 Å². The first-order valence-electron chi connectivity index (χ1n) is 7.65. The highest BCUT2D eigenvalue weighted by Gasteiger charge is 2.18. The van der Waals surface area contributed by atoms with E-state index >= 15 is 0 Å². The summed E-state index contributed by atoms with van der Waals surface area (Å²) in [6.45, 7) is 1.32. The quantitative estimate of drug-likeness (QED) is 0.445. The molecule has 0 bridgehead atoms. The van der Waals surface area contributed by atoms with Crippen LogP contribution in [0.25, 0.3) is 0 Å². The van der Waals surface area contributed by atoms with Crippen LogP contribution in [0, 0.1) is 0 Å². The van der Waals surface area contributed by atoms with Gasteiger partial charge in [0.25, 0.3) is 0 Å². The van der Waals surface area contributed by atoms with Crippen LogP contribution in [0.1, 0.15) is 70.6 Å². The van der Waals surface area contributed by atoms with Gasteiger partial charge in [0.15, 0.2) is 0 Å². The molecule has 0 radical (unpaired) electrons. The maximum atomic E-state index is 4.24. The fourth-order valence-corrected chi connectivity index (χ4v) is 3.11. The van der Waals surface area contributed by atoms with Crippen molar-refractivity contribution in [2.45, 2.75) is 76.7 Å². The van der Waals surface area contributed by atoms with Crippen molar-refractivity contribution in [3.05, 3.63) is 0 Å². The fraction of sp³-hybridized carbons (Fsp3) is 1.00. The van der Waals surface area contributed by atoms with Gasteiger partial charge in [0.05, 0.1) is 0 Å². The minimum absolute atomic E-state index is 0.908. The zero-order valence-electron chi connectivity index (χ0n) is 11.7. The van der Waals surface area contributed by atoms with E-state index in [4.69, 9.17) is 0 Å². The van der Waals surface area contributed by atoms with Gasteiger partial charge in [0.2, 0.25) is 0 Å². The van der Waals surface area contributed by atoms with Crippen molar-refractivity contribution >= 4 is 12.6 Å². The van der Waals surface area contributed by atoms with E-state index in [0.29, 0.717) is 0 Å². The lowest BCUT2D eigenvalue weighted by molar-refractivity contribution is 0.240. The Morgan fingerprint density at radius 1 is 0.882 bits per heavy atom. The lowest BCUT2D eigenvalue weighted by atomic mass is 10.1. The zero-order valence-corrected chi connectivity index (χ0v) is 12.6. The van der Waals surface area contributed by atoms with Gasteiger partial charge in [0, 0.05) is 6.04 Å². The predicted molar refractivity (Wildman–Crippen MR) is 81.1 cm³/mol. The van der Waals surface area contributed by atoms with Crippen LogP contribution in [0.15, 0.2) is 0 Å². The van der Waals surface area contributed by atoms with Crippen LogP contribution >= 0.6 is 12.6 Å². The molecule has 0 aliphatic heterocycles. The largest absolute Gasteiger partial charge is 0.303 e. The molecule has 0 spiro atoms. The van der Waals surface area contributed by atoms with Crippen LogP contribution < -0.4 is 0 Å². The molecule has 17 heavy (non-hydrogen) atoms. The van der Waals surface area contributed by atoms with Crippen molar-refractivity contribution < 1.29 is 0 Å². The average Bonchev–Trinajstić information content (AvgIpc) is 2.86. The van der Waals surface area contributed by atoms with Crippen LogP contribution in [0.3, 0.4) is 0 Å². The van der Waals surface area contributed by atoms with E-state index in [1.165, 1.54) is 77.2 Å². The Morgan fingerprint density at radius 2 is 1.41 bits per heavy atom. The Balaban J connectivity index is 1.83. The van der Waals surface area contributed by atoms with Crippen molar-refractivity contribution in [1.29, 1.82) is 0 Å². The summed E-state index contributed by atoms with van der Waals surface area (Å²) in [4.78, 5) is 2.61. The van der Waals surface area contributed by atoms with Crippen LogP contribution in [0.4, 0.5) is 0 Å². The Labute approximate surface area is 114 Å². The molecular formula is C15H31NS. The molecule has 0 aromatic carbocycles. The highest BCUT2D eigenvalue weighted by Crippen LogP contribution is 2.22. The number of hydrogen-bond donors (Lipinski definition) is 1. The lowest BCUT2D eigenvalue weighted by Crippen LogP contribution is -2.29. The van der Waals surface area contributed by atoms with Crippen molar-refractivity contribution in [1.82, 2.24) is 4.90 Å². The van der Waals surface area contributed by atoms with Gasteiger partial charge >= 0.3 is 0 Å². The molecule has 0 aromatic rings. The van der Waals surface area contributed by atoms with Crippen molar-refractivity contribution in [2.24, 2.45) is 0 Å². The molecule has 0 unspecified atom stereocenters. The molecule has 1 aliphatic carbocycles. The molecule has 1 saturated carbocycles. The summed E-state index contributed by atoms with van der Waals surface area (Å²) in [6, 6.07) is 0.908. The van der Waals surface area contributed by atoms with Crippen LogP contribution in [-0.4, -0.2) is 30.3 Å². The van der Waals surface area contributed by atoms with E-state index in [0.717, 1.165) is 11.8 Å². The monoisotopic (exact) mass is 257 g/mol. The normalized spacial score (nSPS) is 17.1. The Kier molecular flexibility index (Phi) is 9.27. The lowest BCUT2D eigenvalue weighted by Gasteiger charge is -2.23. The summed E-state index contributed by atoms with van der Waals surface area (Å²) in [5.74, 6) is 1.06. The Morgan fingerprint density at radius 3 is 2.00 bits per heavy atom. The summed E-state index contributed by atoms with van der Waals surface area (Å²) in [7, 11) is 2.32. The third-order valence-corrected chi connectivity index (χ3v) is 4.43. The van der Waals surface area contributed by atoms with Gasteiger partial charge in [-0.2, -0.15) is 12.6 Å². The smallest absolute Gasteiger partial charge is 0.00922 e. The number of thiol groups is 1. The second-order valence-electron chi connectivity index (χ2n) is 5.62. The van der Waals surface area contributed by atoms with E-state index < -0.39 is 0 Å². The van der Waals surface area contributed by atoms with E-state index in [-0.39, 0.29) is 0 Å². The van der Waals surface area contributed by atoms with Gasteiger partial charge < -0.3 is 4.90 Å². The summed E-state index contributed by atoms with van der Waals surface area (Å²) >= 11 is 4.24. The minimum Gasteiger partial charge on any atom is -0.303 e. The number of nitrogens with zero attached hydrogens (tertiary/aromatic N) is 1. The predicted octanol–water partition coefficient (Wildman–Crippen LogP) is 4.52. The molecule has 102 valence electrons. The Hall–Kier alpha value is 0.310. The number of rotatable bonds is 10. The molecule has 1 fully saturated rings. The number of unbranched alkanes of at least 4 members (excludes halogenated alkanes) is 6. The highest BCUT2D eigenvalue weighted by atomic mass is 32.1. The Bertz CT molecular complexity index is 166. The van der Waals surface area contributed by atoms with Gasteiger partial charge in [-0.15, -0.1) is 0 Å². The SMILES string of the molecule is CN(CCCCCCCCCS)C1CCCC1. The molecule has 1 aliphatic rings. The highest BCUT2D eigenvalue weighted by molar-refractivity contribution is 7.80. The van der Waals surface area contributed by atoms with Crippen molar-refractivity contribution in [3.63, 3.8) is 0 Å². The van der Waals surface area contributed by atoms with Gasteiger partial charge in [-0.3, -0.25) is 0 Å². The van der Waals surface area contributed by atoms with Crippen LogP contribution in [-0.2, 0) is 0 Å². The topological polar surface area (TPSA) is 3.24 Å². The molecule has 0 amide bonds. The standard InChI is InChI=1S/C15H31NS/c1-16(15-11-7-8-12-15)13-9-5-3-2-4-6-10-14-17/h15,17H,2-14H2,1H3. The first kappa shape index (κ1) is 15.4. The summed E-state index contributed by atoms with van der Waals surface area (Å²) in [5, 5.41) is 0. The van der Waals surface area contributed by atoms with Crippen LogP contribution in [0.2, 0.25) is 0 Å². The van der Waals surface area contributed by atoms with Gasteiger partial charge in [-0.25, -0.2) is 0 Å². The van der Waals surface area contributed by atoms with E-state index in [1.807, 2.05) is 0 Å². The van der Waals surface area contributed by atoms with Gasteiger partial charge in [-0.05, 0) is 45.0 Å². The fourth-order valence-electron chi connectivity index (χ4n) is 2.88. The van der Waals surface area contributed by atoms with Crippen LogP contribution in [0.5, 0.6) is 0 Å². The minimum atomic E-state index is 0.908. The second-order valence-corrected chi connectivity index (χ2v) is 6.06. The molecule has 0 atom stereocenters. The summed E-state index contributed by atoms with van der Waals surface area (Å²) < 4.78 is 0. The van der Waals surface area contributed by atoms with Crippen molar-refractivity contribution in [3.8, 4) is 0 Å². The maximum Gasteiger partial charge on any atom is 0.00922 e. The van der Waals surface area contributed by atoms with Crippen molar-refractivity contribution in [2.75, 3.05) is 19.3 Å². The van der Waals surface area contributed by atoms with E-state index in [9.17, 15) is 0 Å². The zero-order chi connectivity index (χ0) is 12.3. The van der Waals surface area contributed by atoms with Gasteiger partial charge in [-0.1, -0.05) is 44.9 Å². The molecule has 0 heterocycles.